The van der Waals surface area contributed by atoms with Crippen LogP contribution in [0.5, 0.6) is 0 Å². The van der Waals surface area contributed by atoms with Gasteiger partial charge in [-0.15, -0.1) is 12.3 Å². The molecule has 0 aromatic carbocycles. The van der Waals surface area contributed by atoms with Gasteiger partial charge in [-0.05, 0) is 37.0 Å². The summed E-state index contributed by atoms with van der Waals surface area (Å²) in [6.07, 6.45) is 10.6. The molecule has 0 aromatic heterocycles. The average molecular weight is 206 g/mol. The summed E-state index contributed by atoms with van der Waals surface area (Å²) in [6, 6.07) is -0.537. The Labute approximate surface area is 90.8 Å². The first-order chi connectivity index (χ1) is 7.18. The van der Waals surface area contributed by atoms with Gasteiger partial charge in [-0.1, -0.05) is 0 Å². The molecule has 0 spiro atoms. The SMILES string of the molecule is C#CCC(N)C(=O)NCC1(C2CC2)CC1. The predicted molar refractivity (Wildman–Crippen MR) is 58.8 cm³/mol. The lowest BCUT2D eigenvalue weighted by Gasteiger charge is -2.16. The zero-order valence-corrected chi connectivity index (χ0v) is 8.96. The number of carbonyl (C=O) groups is 1. The fourth-order valence-electron chi connectivity index (χ4n) is 2.20. The molecule has 2 saturated carbocycles. The van der Waals surface area contributed by atoms with Crippen LogP contribution in [-0.2, 0) is 4.79 Å². The van der Waals surface area contributed by atoms with E-state index in [9.17, 15) is 4.79 Å². The lowest BCUT2D eigenvalue weighted by Crippen LogP contribution is -2.42. The fourth-order valence-corrected chi connectivity index (χ4v) is 2.20. The van der Waals surface area contributed by atoms with Crippen molar-refractivity contribution in [2.75, 3.05) is 6.54 Å². The number of terminal acetylenes is 1. The third kappa shape index (κ3) is 2.32. The van der Waals surface area contributed by atoms with Crippen LogP contribution in [-0.4, -0.2) is 18.5 Å². The minimum atomic E-state index is -0.537. The van der Waals surface area contributed by atoms with Gasteiger partial charge in [0.05, 0.1) is 6.04 Å². The van der Waals surface area contributed by atoms with Crippen LogP contribution in [0, 0.1) is 23.7 Å². The van der Waals surface area contributed by atoms with Crippen molar-refractivity contribution in [3.63, 3.8) is 0 Å². The number of amides is 1. The highest BCUT2D eigenvalue weighted by molar-refractivity contribution is 5.81. The Morgan fingerprint density at radius 1 is 1.60 bits per heavy atom. The summed E-state index contributed by atoms with van der Waals surface area (Å²) in [5.74, 6) is 3.18. The maximum Gasteiger partial charge on any atom is 0.237 e. The highest BCUT2D eigenvalue weighted by Crippen LogP contribution is 2.60. The molecule has 0 aromatic rings. The highest BCUT2D eigenvalue weighted by atomic mass is 16.2. The molecule has 0 aliphatic heterocycles. The van der Waals surface area contributed by atoms with Crippen LogP contribution in [0.2, 0.25) is 0 Å². The van der Waals surface area contributed by atoms with E-state index >= 15 is 0 Å². The second kappa shape index (κ2) is 3.86. The van der Waals surface area contributed by atoms with E-state index in [1.807, 2.05) is 0 Å². The van der Waals surface area contributed by atoms with Crippen LogP contribution in [0.25, 0.3) is 0 Å². The monoisotopic (exact) mass is 206 g/mol. The molecule has 15 heavy (non-hydrogen) atoms. The molecule has 2 fully saturated rings. The lowest BCUT2D eigenvalue weighted by molar-refractivity contribution is -0.122. The molecule has 3 N–H and O–H groups in total. The molecule has 82 valence electrons. The van der Waals surface area contributed by atoms with Crippen molar-refractivity contribution in [1.29, 1.82) is 0 Å². The second-order valence-electron chi connectivity index (χ2n) is 4.87. The van der Waals surface area contributed by atoms with Gasteiger partial charge < -0.3 is 11.1 Å². The number of nitrogens with two attached hydrogens (primary N) is 1. The predicted octanol–water partition coefficient (Wildman–Crippen LogP) is 0.643. The first-order valence-corrected chi connectivity index (χ1v) is 5.65. The molecule has 0 saturated heterocycles. The molecule has 1 amide bonds. The molecule has 2 aliphatic carbocycles. The minimum absolute atomic E-state index is 0.0973. The van der Waals surface area contributed by atoms with E-state index in [1.165, 1.54) is 25.7 Å². The van der Waals surface area contributed by atoms with E-state index in [-0.39, 0.29) is 5.91 Å². The first kappa shape index (κ1) is 10.5. The number of hydrogen-bond acceptors (Lipinski definition) is 2. The van der Waals surface area contributed by atoms with Crippen molar-refractivity contribution in [3.05, 3.63) is 0 Å². The van der Waals surface area contributed by atoms with Gasteiger partial charge in [-0.2, -0.15) is 0 Å². The fraction of sp³-hybridized carbons (Fsp3) is 0.750. The summed E-state index contributed by atoms with van der Waals surface area (Å²) in [4.78, 5) is 11.5. The van der Waals surface area contributed by atoms with E-state index in [0.717, 1.165) is 12.5 Å². The summed E-state index contributed by atoms with van der Waals surface area (Å²) >= 11 is 0. The number of hydrogen-bond donors (Lipinski definition) is 2. The molecule has 0 radical (unpaired) electrons. The van der Waals surface area contributed by atoms with Crippen LogP contribution >= 0.6 is 0 Å². The smallest absolute Gasteiger partial charge is 0.237 e. The molecular formula is C12H18N2O. The van der Waals surface area contributed by atoms with Gasteiger partial charge in [-0.3, -0.25) is 4.79 Å². The van der Waals surface area contributed by atoms with E-state index in [1.54, 1.807) is 0 Å². The van der Waals surface area contributed by atoms with Crippen molar-refractivity contribution >= 4 is 5.91 Å². The van der Waals surface area contributed by atoms with E-state index in [0.29, 0.717) is 11.8 Å². The van der Waals surface area contributed by atoms with Crippen molar-refractivity contribution in [1.82, 2.24) is 5.32 Å². The van der Waals surface area contributed by atoms with E-state index < -0.39 is 6.04 Å². The molecule has 3 nitrogen and oxygen atoms in total. The molecule has 1 atom stereocenters. The van der Waals surface area contributed by atoms with Gasteiger partial charge in [0, 0.05) is 13.0 Å². The lowest BCUT2D eigenvalue weighted by atomic mass is 10.0. The quantitative estimate of drug-likeness (QED) is 0.649. The van der Waals surface area contributed by atoms with Gasteiger partial charge >= 0.3 is 0 Å². The maximum absolute atomic E-state index is 11.5. The van der Waals surface area contributed by atoms with Gasteiger partial charge in [0.15, 0.2) is 0 Å². The third-order valence-corrected chi connectivity index (χ3v) is 3.62. The zero-order chi connectivity index (χ0) is 10.9. The molecule has 0 heterocycles. The van der Waals surface area contributed by atoms with E-state index in [2.05, 4.69) is 11.2 Å². The van der Waals surface area contributed by atoms with Crippen LogP contribution in [0.4, 0.5) is 0 Å². The standard InChI is InChI=1S/C12H18N2O/c1-2-3-10(13)11(15)14-8-12(6-7-12)9-4-5-9/h1,9-10H,3-8,13H2,(H,14,15). The highest BCUT2D eigenvalue weighted by Gasteiger charge is 2.53. The summed E-state index contributed by atoms with van der Waals surface area (Å²) < 4.78 is 0. The van der Waals surface area contributed by atoms with Crippen LogP contribution in [0.1, 0.15) is 32.1 Å². The van der Waals surface area contributed by atoms with Crippen molar-refractivity contribution in [2.45, 2.75) is 38.1 Å². The van der Waals surface area contributed by atoms with Crippen LogP contribution in [0.15, 0.2) is 0 Å². The zero-order valence-electron chi connectivity index (χ0n) is 8.96. The van der Waals surface area contributed by atoms with Crippen LogP contribution < -0.4 is 11.1 Å². The summed E-state index contributed by atoms with van der Waals surface area (Å²) in [7, 11) is 0. The molecule has 2 aliphatic rings. The van der Waals surface area contributed by atoms with Crippen molar-refractivity contribution < 1.29 is 4.79 Å². The molecule has 2 rings (SSSR count). The molecular weight excluding hydrogens is 188 g/mol. The first-order valence-electron chi connectivity index (χ1n) is 5.65. The van der Waals surface area contributed by atoms with Gasteiger partial charge in [0.2, 0.25) is 5.91 Å². The molecule has 3 heteroatoms. The normalized spacial score (nSPS) is 24.0. The topological polar surface area (TPSA) is 55.1 Å². The van der Waals surface area contributed by atoms with Crippen molar-refractivity contribution in [2.24, 2.45) is 17.1 Å². The Balaban J connectivity index is 1.73. The van der Waals surface area contributed by atoms with Crippen molar-refractivity contribution in [3.8, 4) is 12.3 Å². The average Bonchev–Trinajstić information content (AvgIpc) is 3.04. The number of rotatable bonds is 5. The van der Waals surface area contributed by atoms with Gasteiger partial charge in [-0.25, -0.2) is 0 Å². The third-order valence-electron chi connectivity index (χ3n) is 3.62. The Morgan fingerprint density at radius 3 is 2.73 bits per heavy atom. The number of nitrogens with one attached hydrogen (secondary N) is 1. The largest absolute Gasteiger partial charge is 0.354 e. The molecule has 0 bridgehead atoms. The minimum Gasteiger partial charge on any atom is -0.354 e. The maximum atomic E-state index is 11.5. The van der Waals surface area contributed by atoms with E-state index in [4.69, 9.17) is 12.2 Å². The summed E-state index contributed by atoms with van der Waals surface area (Å²) in [5.41, 5.74) is 6.05. The Bertz CT molecular complexity index is 297. The number of carbonyl (C=O) groups excluding carboxylic acids is 1. The molecule has 1 unspecified atom stereocenters. The Kier molecular flexibility index (Phi) is 2.70. The van der Waals surface area contributed by atoms with Gasteiger partial charge in [0.1, 0.15) is 0 Å². The second-order valence-corrected chi connectivity index (χ2v) is 4.87. The summed E-state index contributed by atoms with van der Waals surface area (Å²) in [6.45, 7) is 0.800. The van der Waals surface area contributed by atoms with Crippen LogP contribution in [0.3, 0.4) is 0 Å². The summed E-state index contributed by atoms with van der Waals surface area (Å²) in [5, 5.41) is 2.93. The van der Waals surface area contributed by atoms with Gasteiger partial charge in [0.25, 0.3) is 0 Å². The Morgan fingerprint density at radius 2 is 2.27 bits per heavy atom. The Hall–Kier alpha value is -1.01.